The maximum Gasteiger partial charge on any atom is 0.162 e. The van der Waals surface area contributed by atoms with Crippen molar-refractivity contribution < 1.29 is 0 Å². The molecule has 1 aromatic heterocycles. The molecule has 0 fully saturated rings. The van der Waals surface area contributed by atoms with Crippen molar-refractivity contribution in [2.45, 2.75) is 13.8 Å². The Bertz CT molecular complexity index is 746. The molecule has 0 spiro atoms. The average molecular weight is 249 g/mol. The molecule has 0 radical (unpaired) electrons. The standard InChI is InChI=1S/C16H15N3/c1-10-3-6-12(7-4-10)16-18-14-8-5-11(2)9-13(14)15(17)19-16/h3-9H,1-2H3,(H2,17,18,19). The van der Waals surface area contributed by atoms with Gasteiger partial charge in [-0.25, -0.2) is 9.97 Å². The first-order valence-electron chi connectivity index (χ1n) is 6.24. The first-order valence-corrected chi connectivity index (χ1v) is 6.24. The fraction of sp³-hybridized carbons (Fsp3) is 0.125. The fourth-order valence-corrected chi connectivity index (χ4v) is 2.10. The lowest BCUT2D eigenvalue weighted by Crippen LogP contribution is -1.98. The van der Waals surface area contributed by atoms with Crippen LogP contribution in [0, 0.1) is 13.8 Å². The number of aromatic nitrogens is 2. The molecule has 0 amide bonds. The largest absolute Gasteiger partial charge is 0.383 e. The molecule has 2 aromatic carbocycles. The number of anilines is 1. The van der Waals surface area contributed by atoms with Gasteiger partial charge < -0.3 is 5.73 Å². The molecule has 2 N–H and O–H groups in total. The molecular weight excluding hydrogens is 234 g/mol. The van der Waals surface area contributed by atoms with E-state index in [0.717, 1.165) is 22.0 Å². The molecular formula is C16H15N3. The molecule has 1 heterocycles. The molecule has 3 rings (SSSR count). The van der Waals surface area contributed by atoms with Crippen LogP contribution in [-0.2, 0) is 0 Å². The summed E-state index contributed by atoms with van der Waals surface area (Å²) >= 11 is 0. The summed E-state index contributed by atoms with van der Waals surface area (Å²) in [6.07, 6.45) is 0. The van der Waals surface area contributed by atoms with Crippen LogP contribution in [0.3, 0.4) is 0 Å². The third-order valence-corrected chi connectivity index (χ3v) is 3.19. The van der Waals surface area contributed by atoms with Gasteiger partial charge >= 0.3 is 0 Å². The van der Waals surface area contributed by atoms with Gasteiger partial charge in [0.1, 0.15) is 5.82 Å². The molecule has 94 valence electrons. The van der Waals surface area contributed by atoms with E-state index in [1.165, 1.54) is 5.56 Å². The van der Waals surface area contributed by atoms with E-state index >= 15 is 0 Å². The highest BCUT2D eigenvalue weighted by atomic mass is 14.9. The molecule has 0 unspecified atom stereocenters. The number of benzene rings is 2. The number of nitrogen functional groups attached to an aromatic ring is 1. The topological polar surface area (TPSA) is 51.8 Å². The summed E-state index contributed by atoms with van der Waals surface area (Å²) < 4.78 is 0. The molecule has 3 nitrogen and oxygen atoms in total. The molecule has 0 atom stereocenters. The first-order chi connectivity index (χ1) is 9.13. The minimum atomic E-state index is 0.532. The molecule has 0 saturated heterocycles. The summed E-state index contributed by atoms with van der Waals surface area (Å²) in [5, 5.41) is 0.913. The maximum atomic E-state index is 6.04. The second kappa shape index (κ2) is 4.35. The Morgan fingerprint density at radius 1 is 0.842 bits per heavy atom. The maximum absolute atomic E-state index is 6.04. The van der Waals surface area contributed by atoms with E-state index in [1.54, 1.807) is 0 Å². The van der Waals surface area contributed by atoms with E-state index in [2.05, 4.69) is 16.9 Å². The third kappa shape index (κ3) is 2.15. The van der Waals surface area contributed by atoms with Crippen LogP contribution in [0.2, 0.25) is 0 Å². The zero-order valence-corrected chi connectivity index (χ0v) is 11.0. The fourth-order valence-electron chi connectivity index (χ4n) is 2.10. The normalized spacial score (nSPS) is 10.8. The molecule has 0 bridgehead atoms. The van der Waals surface area contributed by atoms with Crippen LogP contribution in [0.15, 0.2) is 42.5 Å². The van der Waals surface area contributed by atoms with Gasteiger partial charge in [-0.3, -0.25) is 0 Å². The molecule has 0 aliphatic heterocycles. The Morgan fingerprint density at radius 3 is 2.26 bits per heavy atom. The lowest BCUT2D eigenvalue weighted by Gasteiger charge is -2.06. The predicted molar refractivity (Wildman–Crippen MR) is 78.9 cm³/mol. The van der Waals surface area contributed by atoms with E-state index in [4.69, 9.17) is 5.73 Å². The van der Waals surface area contributed by atoms with Crippen molar-refractivity contribution in [3.63, 3.8) is 0 Å². The van der Waals surface area contributed by atoms with Gasteiger partial charge in [-0.05, 0) is 26.0 Å². The van der Waals surface area contributed by atoms with Crippen molar-refractivity contribution in [1.29, 1.82) is 0 Å². The highest BCUT2D eigenvalue weighted by Gasteiger charge is 2.07. The Labute approximate surface area is 112 Å². The van der Waals surface area contributed by atoms with Crippen LogP contribution in [0.25, 0.3) is 22.3 Å². The van der Waals surface area contributed by atoms with E-state index in [9.17, 15) is 0 Å². The Kier molecular flexibility index (Phi) is 2.67. The molecule has 3 aromatic rings. The number of hydrogen-bond donors (Lipinski definition) is 1. The van der Waals surface area contributed by atoms with E-state index in [1.807, 2.05) is 49.4 Å². The monoisotopic (exact) mass is 249 g/mol. The van der Waals surface area contributed by atoms with E-state index in [0.29, 0.717) is 11.6 Å². The summed E-state index contributed by atoms with van der Waals surface area (Å²) in [6.45, 7) is 4.09. The van der Waals surface area contributed by atoms with Crippen LogP contribution in [0.4, 0.5) is 5.82 Å². The number of nitrogens with two attached hydrogens (primary N) is 1. The number of fused-ring (bicyclic) bond motifs is 1. The van der Waals surface area contributed by atoms with E-state index < -0.39 is 0 Å². The van der Waals surface area contributed by atoms with Crippen LogP contribution in [-0.4, -0.2) is 9.97 Å². The second-order valence-electron chi connectivity index (χ2n) is 4.82. The number of hydrogen-bond acceptors (Lipinski definition) is 3. The summed E-state index contributed by atoms with van der Waals surface area (Å²) in [5.41, 5.74) is 10.3. The van der Waals surface area contributed by atoms with Crippen LogP contribution >= 0.6 is 0 Å². The molecule has 0 aliphatic carbocycles. The van der Waals surface area contributed by atoms with Crippen LogP contribution in [0.5, 0.6) is 0 Å². The van der Waals surface area contributed by atoms with Gasteiger partial charge in [-0.1, -0.05) is 41.5 Å². The molecule has 19 heavy (non-hydrogen) atoms. The van der Waals surface area contributed by atoms with Gasteiger partial charge in [-0.2, -0.15) is 0 Å². The molecule has 3 heteroatoms. The van der Waals surface area contributed by atoms with Gasteiger partial charge in [0.15, 0.2) is 5.82 Å². The predicted octanol–water partition coefficient (Wildman–Crippen LogP) is 3.50. The summed E-state index contributed by atoms with van der Waals surface area (Å²) in [4.78, 5) is 8.99. The number of rotatable bonds is 1. The molecule has 0 saturated carbocycles. The lowest BCUT2D eigenvalue weighted by molar-refractivity contribution is 1.23. The molecule has 0 aliphatic rings. The Morgan fingerprint density at radius 2 is 1.53 bits per heavy atom. The first kappa shape index (κ1) is 11.7. The van der Waals surface area contributed by atoms with Crippen LogP contribution < -0.4 is 5.73 Å². The average Bonchev–Trinajstić information content (AvgIpc) is 2.40. The van der Waals surface area contributed by atoms with Gasteiger partial charge in [0, 0.05) is 10.9 Å². The summed E-state index contributed by atoms with van der Waals surface area (Å²) in [6, 6.07) is 14.2. The lowest BCUT2D eigenvalue weighted by atomic mass is 10.1. The summed E-state index contributed by atoms with van der Waals surface area (Å²) in [7, 11) is 0. The quantitative estimate of drug-likeness (QED) is 0.718. The van der Waals surface area contributed by atoms with E-state index in [-0.39, 0.29) is 0 Å². The zero-order valence-electron chi connectivity index (χ0n) is 11.0. The Hall–Kier alpha value is -2.42. The van der Waals surface area contributed by atoms with Crippen molar-refractivity contribution in [3.8, 4) is 11.4 Å². The third-order valence-electron chi connectivity index (χ3n) is 3.19. The SMILES string of the molecule is Cc1ccc(-c2nc(N)c3cc(C)ccc3n2)cc1. The van der Waals surface area contributed by atoms with Crippen molar-refractivity contribution in [3.05, 3.63) is 53.6 Å². The van der Waals surface area contributed by atoms with Crippen molar-refractivity contribution in [1.82, 2.24) is 9.97 Å². The highest BCUT2D eigenvalue weighted by molar-refractivity contribution is 5.90. The number of aryl methyl sites for hydroxylation is 2. The van der Waals surface area contributed by atoms with Crippen molar-refractivity contribution in [2.75, 3.05) is 5.73 Å². The van der Waals surface area contributed by atoms with Gasteiger partial charge in [0.25, 0.3) is 0 Å². The van der Waals surface area contributed by atoms with Crippen molar-refractivity contribution in [2.24, 2.45) is 0 Å². The van der Waals surface area contributed by atoms with Crippen molar-refractivity contribution >= 4 is 16.7 Å². The Balaban J connectivity index is 2.20. The summed E-state index contributed by atoms with van der Waals surface area (Å²) in [5.74, 6) is 1.21. The zero-order chi connectivity index (χ0) is 13.4. The van der Waals surface area contributed by atoms with Gasteiger partial charge in [0.05, 0.1) is 5.52 Å². The minimum Gasteiger partial charge on any atom is -0.383 e. The second-order valence-corrected chi connectivity index (χ2v) is 4.82. The minimum absolute atomic E-state index is 0.532. The smallest absolute Gasteiger partial charge is 0.162 e. The highest BCUT2D eigenvalue weighted by Crippen LogP contribution is 2.24. The number of nitrogens with zero attached hydrogens (tertiary/aromatic N) is 2. The van der Waals surface area contributed by atoms with Crippen LogP contribution in [0.1, 0.15) is 11.1 Å². The van der Waals surface area contributed by atoms with Gasteiger partial charge in [0.2, 0.25) is 0 Å². The van der Waals surface area contributed by atoms with Gasteiger partial charge in [-0.15, -0.1) is 0 Å².